The lowest BCUT2D eigenvalue weighted by molar-refractivity contribution is -0.703. The highest BCUT2D eigenvalue weighted by Gasteiger charge is 2.03. The quantitative estimate of drug-likeness (QED) is 0.264. The molecule has 64 valence electrons. The minimum atomic E-state index is -0.112. The highest BCUT2D eigenvalue weighted by atomic mass is 16.7. The summed E-state index contributed by atoms with van der Waals surface area (Å²) in [6.07, 6.45) is 1.03. The first-order chi connectivity index (χ1) is 5.22. The van der Waals surface area contributed by atoms with E-state index in [-0.39, 0.29) is 18.1 Å². The van der Waals surface area contributed by atoms with Gasteiger partial charge in [0.1, 0.15) is 6.26 Å². The van der Waals surface area contributed by atoms with E-state index in [9.17, 15) is 5.21 Å². The van der Waals surface area contributed by atoms with Gasteiger partial charge in [-0.15, -0.1) is 5.01 Å². The van der Waals surface area contributed by atoms with Crippen molar-refractivity contribution in [2.24, 2.45) is 5.28 Å². The van der Waals surface area contributed by atoms with Crippen molar-refractivity contribution in [3.8, 4) is 0 Å². The van der Waals surface area contributed by atoms with Crippen LogP contribution in [0.2, 0.25) is 0 Å². The van der Waals surface area contributed by atoms with Crippen LogP contribution >= 0.6 is 0 Å². The third-order valence-electron chi connectivity index (χ3n) is 0.907. The van der Waals surface area contributed by atoms with Gasteiger partial charge in [-0.1, -0.05) is 6.58 Å². The number of nitrogens with zero attached hydrogens (tertiary/aromatic N) is 3. The lowest BCUT2D eigenvalue weighted by Gasteiger charge is -2.09. The molecule has 0 spiro atoms. The predicted octanol–water partition coefficient (Wildman–Crippen LogP) is -0.137. The van der Waals surface area contributed by atoms with E-state index in [1.165, 1.54) is 7.05 Å². The van der Waals surface area contributed by atoms with Crippen LogP contribution in [0.15, 0.2) is 18.1 Å². The molecule has 0 radical (unpaired) electrons. The largest absolute Gasteiger partial charge is 0.569 e. The van der Waals surface area contributed by atoms with Gasteiger partial charge in [0.15, 0.2) is 0 Å². The Balaban J connectivity index is 3.78. The van der Waals surface area contributed by atoms with Gasteiger partial charge in [0, 0.05) is 0 Å². The zero-order valence-electron chi connectivity index (χ0n) is 6.30. The Kier molecular flexibility index (Phi) is 4.83. The zero-order chi connectivity index (χ0) is 8.69. The van der Waals surface area contributed by atoms with Crippen molar-refractivity contribution in [3.05, 3.63) is 18.0 Å². The van der Waals surface area contributed by atoms with Crippen molar-refractivity contribution < 1.29 is 14.9 Å². The summed E-state index contributed by atoms with van der Waals surface area (Å²) in [6, 6.07) is 0. The maximum absolute atomic E-state index is 10.7. The van der Waals surface area contributed by atoms with E-state index in [0.717, 1.165) is 11.3 Å². The van der Waals surface area contributed by atoms with Crippen LogP contribution in [-0.4, -0.2) is 35.3 Å². The fourth-order valence-corrected chi connectivity index (χ4v) is 0.366. The summed E-state index contributed by atoms with van der Waals surface area (Å²) in [5, 5.41) is 23.3. The number of hydrogen-bond acceptors (Lipinski definition) is 4. The van der Waals surface area contributed by atoms with Gasteiger partial charge in [0.05, 0.1) is 25.2 Å². The lowest BCUT2D eigenvalue weighted by Crippen LogP contribution is -2.29. The van der Waals surface area contributed by atoms with E-state index in [0.29, 0.717) is 0 Å². The molecule has 6 heteroatoms. The molecule has 0 amide bonds. The molecule has 0 heterocycles. The molecule has 0 aliphatic carbocycles. The van der Waals surface area contributed by atoms with Crippen molar-refractivity contribution in [1.29, 1.82) is 0 Å². The molecule has 0 aromatic rings. The van der Waals surface area contributed by atoms with E-state index in [4.69, 9.17) is 5.11 Å². The normalized spacial score (nSPS) is 10.9. The molecule has 11 heavy (non-hydrogen) atoms. The SMILES string of the molecule is C=CO/N=[N+](\[O-])N(C)CCO. The molecule has 0 aliphatic heterocycles. The second kappa shape index (κ2) is 5.48. The molecule has 0 unspecified atom stereocenters. The first-order valence-electron chi connectivity index (χ1n) is 2.99. The molecule has 0 fully saturated rings. The van der Waals surface area contributed by atoms with Gasteiger partial charge in [-0.25, -0.2) is 0 Å². The maximum Gasteiger partial charge on any atom is 0.238 e. The smallest absolute Gasteiger partial charge is 0.238 e. The summed E-state index contributed by atoms with van der Waals surface area (Å²) < 4.78 is 0. The molecule has 0 atom stereocenters. The molecule has 0 bridgehead atoms. The van der Waals surface area contributed by atoms with E-state index >= 15 is 0 Å². The molecule has 6 nitrogen and oxygen atoms in total. The number of rotatable bonds is 5. The summed E-state index contributed by atoms with van der Waals surface area (Å²) >= 11 is 0. The standard InChI is InChI=1S/C5H11N3O3/c1-3-11-6-8(10)7(2)4-5-9/h3,9H,1,4-5H2,2H3/b8-6-. The Bertz CT molecular complexity index is 148. The number of aliphatic hydroxyl groups excluding tert-OH is 1. The van der Waals surface area contributed by atoms with Crippen molar-refractivity contribution >= 4 is 0 Å². The second-order valence-electron chi connectivity index (χ2n) is 1.71. The van der Waals surface area contributed by atoms with Gasteiger partial charge in [0.25, 0.3) is 0 Å². The van der Waals surface area contributed by atoms with E-state index in [2.05, 4.69) is 16.7 Å². The second-order valence-corrected chi connectivity index (χ2v) is 1.71. The molecular formula is C5H11N3O3. The van der Waals surface area contributed by atoms with Gasteiger partial charge in [-0.05, 0) is 0 Å². The summed E-state index contributed by atoms with van der Waals surface area (Å²) in [5.41, 5.74) is 0. The number of aliphatic hydroxyl groups is 1. The molecule has 0 aliphatic rings. The summed E-state index contributed by atoms with van der Waals surface area (Å²) in [6.45, 7) is 3.28. The minimum Gasteiger partial charge on any atom is -0.569 e. The van der Waals surface area contributed by atoms with Gasteiger partial charge in [-0.2, -0.15) is 0 Å². The summed E-state index contributed by atoms with van der Waals surface area (Å²) in [5.74, 6) is 0. The summed E-state index contributed by atoms with van der Waals surface area (Å²) in [4.78, 5) is 4.46. The minimum absolute atomic E-state index is 0.112. The molecule has 0 aromatic carbocycles. The Morgan fingerprint density at radius 2 is 2.55 bits per heavy atom. The average molecular weight is 161 g/mol. The van der Waals surface area contributed by atoms with Crippen molar-refractivity contribution in [2.45, 2.75) is 0 Å². The molecule has 0 rings (SSSR count). The van der Waals surface area contributed by atoms with E-state index in [1.807, 2.05) is 0 Å². The highest BCUT2D eigenvalue weighted by Crippen LogP contribution is 1.85. The predicted molar refractivity (Wildman–Crippen MR) is 37.1 cm³/mol. The van der Waals surface area contributed by atoms with Crippen LogP contribution < -0.4 is 0 Å². The molecular weight excluding hydrogens is 150 g/mol. The molecule has 0 saturated heterocycles. The number of hydrazine groups is 1. The Morgan fingerprint density at radius 3 is 3.00 bits per heavy atom. The van der Waals surface area contributed by atoms with E-state index in [1.54, 1.807) is 0 Å². The van der Waals surface area contributed by atoms with Crippen LogP contribution in [0.25, 0.3) is 0 Å². The molecule has 0 saturated carbocycles. The Hall–Kier alpha value is -1.30. The van der Waals surface area contributed by atoms with Gasteiger partial charge < -0.3 is 15.2 Å². The summed E-state index contributed by atoms with van der Waals surface area (Å²) in [7, 11) is 1.47. The van der Waals surface area contributed by atoms with Crippen molar-refractivity contribution in [1.82, 2.24) is 5.01 Å². The Labute approximate surface area is 64.5 Å². The van der Waals surface area contributed by atoms with E-state index < -0.39 is 0 Å². The van der Waals surface area contributed by atoms with Gasteiger partial charge in [-0.3, -0.25) is 0 Å². The fraction of sp³-hybridized carbons (Fsp3) is 0.600. The monoisotopic (exact) mass is 161 g/mol. The van der Waals surface area contributed by atoms with Gasteiger partial charge in [0.2, 0.25) is 5.28 Å². The van der Waals surface area contributed by atoms with Crippen LogP contribution in [0.1, 0.15) is 0 Å². The molecule has 1 N–H and O–H groups in total. The average Bonchev–Trinajstić information content (AvgIpc) is 2.00. The third-order valence-corrected chi connectivity index (χ3v) is 0.907. The maximum atomic E-state index is 10.7. The number of hydrogen-bond donors (Lipinski definition) is 1. The zero-order valence-corrected chi connectivity index (χ0v) is 6.30. The van der Waals surface area contributed by atoms with Crippen LogP contribution in [0, 0.1) is 5.21 Å². The van der Waals surface area contributed by atoms with Crippen LogP contribution in [0.3, 0.4) is 0 Å². The fourth-order valence-electron chi connectivity index (χ4n) is 0.366. The first kappa shape index (κ1) is 9.70. The Morgan fingerprint density at radius 1 is 1.91 bits per heavy atom. The number of likely N-dealkylation sites (N-methyl/N-ethyl adjacent to an activating group) is 1. The van der Waals surface area contributed by atoms with Crippen molar-refractivity contribution in [3.63, 3.8) is 0 Å². The van der Waals surface area contributed by atoms with Crippen LogP contribution in [-0.2, 0) is 4.84 Å². The van der Waals surface area contributed by atoms with Gasteiger partial charge >= 0.3 is 0 Å². The third kappa shape index (κ3) is 4.15. The van der Waals surface area contributed by atoms with Crippen LogP contribution in [0.4, 0.5) is 0 Å². The topological polar surface area (TPSA) is 71.1 Å². The first-order valence-corrected chi connectivity index (χ1v) is 2.99. The lowest BCUT2D eigenvalue weighted by atomic mass is 10.7. The highest BCUT2D eigenvalue weighted by molar-refractivity contribution is 4.43. The molecule has 0 aromatic heterocycles. The van der Waals surface area contributed by atoms with Crippen LogP contribution in [0.5, 0.6) is 0 Å². The van der Waals surface area contributed by atoms with Crippen molar-refractivity contribution in [2.75, 3.05) is 20.2 Å².